The molecule has 0 amide bonds. The van der Waals surface area contributed by atoms with Crippen molar-refractivity contribution in [1.29, 1.82) is 0 Å². The van der Waals surface area contributed by atoms with Crippen LogP contribution < -0.4 is 4.74 Å². The normalized spacial score (nSPS) is 11.8. The minimum absolute atomic E-state index is 0.703. The highest BCUT2D eigenvalue weighted by Crippen LogP contribution is 2.46. The van der Waals surface area contributed by atoms with Crippen molar-refractivity contribution in [3.8, 4) is 33.9 Å². The number of para-hydroxylation sites is 1. The SMILES string of the molecule is Clc1ccc2c(c1)-c1[nH]ccc1-c1ccccc1O2. The summed E-state index contributed by atoms with van der Waals surface area (Å²) in [5, 5.41) is 0.703. The summed E-state index contributed by atoms with van der Waals surface area (Å²) in [5.74, 6) is 1.68. The topological polar surface area (TPSA) is 25.0 Å². The smallest absolute Gasteiger partial charge is 0.136 e. The first-order valence-electron chi connectivity index (χ1n) is 6.07. The summed E-state index contributed by atoms with van der Waals surface area (Å²) < 4.78 is 6.02. The van der Waals surface area contributed by atoms with E-state index in [9.17, 15) is 0 Å². The van der Waals surface area contributed by atoms with Crippen LogP contribution in [0.3, 0.4) is 0 Å². The monoisotopic (exact) mass is 267 g/mol. The van der Waals surface area contributed by atoms with Gasteiger partial charge in [-0.2, -0.15) is 0 Å². The van der Waals surface area contributed by atoms with Crippen molar-refractivity contribution >= 4 is 11.6 Å². The molecule has 0 bridgehead atoms. The van der Waals surface area contributed by atoms with Crippen LogP contribution >= 0.6 is 11.6 Å². The highest BCUT2D eigenvalue weighted by atomic mass is 35.5. The quantitative estimate of drug-likeness (QED) is 0.471. The van der Waals surface area contributed by atoms with E-state index in [0.717, 1.165) is 33.9 Å². The Kier molecular flexibility index (Phi) is 2.20. The zero-order chi connectivity index (χ0) is 12.8. The number of halogens is 1. The molecule has 1 aliphatic heterocycles. The van der Waals surface area contributed by atoms with Crippen molar-refractivity contribution in [1.82, 2.24) is 4.98 Å². The fourth-order valence-corrected chi connectivity index (χ4v) is 2.67. The van der Waals surface area contributed by atoms with Crippen LogP contribution in [0.5, 0.6) is 11.5 Å². The lowest BCUT2D eigenvalue weighted by Gasteiger charge is -2.08. The minimum atomic E-state index is 0.703. The van der Waals surface area contributed by atoms with Gasteiger partial charge in [-0.3, -0.25) is 0 Å². The first-order valence-corrected chi connectivity index (χ1v) is 6.45. The maximum absolute atomic E-state index is 6.11. The van der Waals surface area contributed by atoms with E-state index >= 15 is 0 Å². The number of nitrogens with one attached hydrogen (secondary N) is 1. The number of fused-ring (bicyclic) bond motifs is 5. The number of aromatic amines is 1. The summed E-state index contributed by atoms with van der Waals surface area (Å²) in [6.07, 6.45) is 1.94. The Hall–Kier alpha value is -2.19. The van der Waals surface area contributed by atoms with E-state index in [1.54, 1.807) is 0 Å². The average Bonchev–Trinajstić information content (AvgIpc) is 2.86. The molecule has 1 N–H and O–H groups in total. The number of rotatable bonds is 0. The molecule has 0 spiro atoms. The maximum Gasteiger partial charge on any atom is 0.136 e. The Morgan fingerprint density at radius 2 is 1.68 bits per heavy atom. The molecule has 0 atom stereocenters. The van der Waals surface area contributed by atoms with Gasteiger partial charge in [-0.15, -0.1) is 0 Å². The fraction of sp³-hybridized carbons (Fsp3) is 0. The molecular weight excluding hydrogens is 258 g/mol. The fourth-order valence-electron chi connectivity index (χ4n) is 2.50. The molecule has 19 heavy (non-hydrogen) atoms. The van der Waals surface area contributed by atoms with Gasteiger partial charge in [-0.1, -0.05) is 29.8 Å². The van der Waals surface area contributed by atoms with Crippen LogP contribution in [0.15, 0.2) is 54.7 Å². The van der Waals surface area contributed by atoms with Crippen molar-refractivity contribution in [2.75, 3.05) is 0 Å². The summed E-state index contributed by atoms with van der Waals surface area (Å²) in [6, 6.07) is 15.8. The Bertz CT molecular complexity index is 776. The van der Waals surface area contributed by atoms with Crippen LogP contribution in [0.25, 0.3) is 22.4 Å². The van der Waals surface area contributed by atoms with E-state index < -0.39 is 0 Å². The van der Waals surface area contributed by atoms with E-state index in [4.69, 9.17) is 16.3 Å². The number of hydrogen-bond donors (Lipinski definition) is 1. The van der Waals surface area contributed by atoms with Crippen molar-refractivity contribution in [3.63, 3.8) is 0 Å². The van der Waals surface area contributed by atoms with Crippen LogP contribution in [0.1, 0.15) is 0 Å². The predicted molar refractivity (Wildman–Crippen MR) is 76.7 cm³/mol. The molecular formula is C16H10ClNO. The Morgan fingerprint density at radius 3 is 2.63 bits per heavy atom. The lowest BCUT2D eigenvalue weighted by Crippen LogP contribution is -1.86. The third-order valence-electron chi connectivity index (χ3n) is 3.36. The average molecular weight is 268 g/mol. The van der Waals surface area contributed by atoms with E-state index in [1.165, 1.54) is 0 Å². The number of ether oxygens (including phenoxy) is 1. The van der Waals surface area contributed by atoms with E-state index in [0.29, 0.717) is 5.02 Å². The molecule has 3 aromatic rings. The molecule has 3 heteroatoms. The van der Waals surface area contributed by atoms with Gasteiger partial charge in [0.05, 0.1) is 5.69 Å². The molecule has 1 aliphatic rings. The van der Waals surface area contributed by atoms with Crippen molar-refractivity contribution < 1.29 is 4.74 Å². The Morgan fingerprint density at radius 1 is 0.842 bits per heavy atom. The molecule has 0 aliphatic carbocycles. The molecule has 2 heterocycles. The van der Waals surface area contributed by atoms with Gasteiger partial charge < -0.3 is 9.72 Å². The molecule has 0 radical (unpaired) electrons. The highest BCUT2D eigenvalue weighted by molar-refractivity contribution is 6.31. The molecule has 92 valence electrons. The summed E-state index contributed by atoms with van der Waals surface area (Å²) in [7, 11) is 0. The maximum atomic E-state index is 6.11. The first kappa shape index (κ1) is 10.7. The lowest BCUT2D eigenvalue weighted by molar-refractivity contribution is 0.487. The van der Waals surface area contributed by atoms with Crippen molar-refractivity contribution in [2.45, 2.75) is 0 Å². The van der Waals surface area contributed by atoms with Crippen molar-refractivity contribution in [3.05, 3.63) is 59.8 Å². The Labute approximate surface area is 115 Å². The van der Waals surface area contributed by atoms with E-state index in [-0.39, 0.29) is 0 Å². The zero-order valence-electron chi connectivity index (χ0n) is 9.98. The third-order valence-corrected chi connectivity index (χ3v) is 3.59. The second-order valence-corrected chi connectivity index (χ2v) is 4.94. The van der Waals surface area contributed by atoms with E-state index in [2.05, 4.69) is 17.1 Å². The third kappa shape index (κ3) is 1.57. The minimum Gasteiger partial charge on any atom is -0.456 e. The van der Waals surface area contributed by atoms with Gasteiger partial charge in [0, 0.05) is 27.9 Å². The molecule has 2 aromatic carbocycles. The summed E-state index contributed by atoms with van der Waals surface area (Å²) >= 11 is 6.11. The molecule has 0 unspecified atom stereocenters. The molecule has 1 aromatic heterocycles. The highest BCUT2D eigenvalue weighted by Gasteiger charge is 2.21. The predicted octanol–water partition coefficient (Wildman–Crippen LogP) is 5.11. The van der Waals surface area contributed by atoms with Gasteiger partial charge in [-0.25, -0.2) is 0 Å². The van der Waals surface area contributed by atoms with Gasteiger partial charge in [0.25, 0.3) is 0 Å². The van der Waals surface area contributed by atoms with Crippen LogP contribution in [0.2, 0.25) is 5.02 Å². The number of benzene rings is 2. The molecule has 0 fully saturated rings. The largest absolute Gasteiger partial charge is 0.456 e. The van der Waals surface area contributed by atoms with Crippen LogP contribution in [0, 0.1) is 0 Å². The van der Waals surface area contributed by atoms with Gasteiger partial charge >= 0.3 is 0 Å². The zero-order valence-corrected chi connectivity index (χ0v) is 10.7. The van der Waals surface area contributed by atoms with E-state index in [1.807, 2.05) is 42.6 Å². The molecule has 0 saturated carbocycles. The van der Waals surface area contributed by atoms with Gasteiger partial charge in [0.1, 0.15) is 11.5 Å². The second-order valence-electron chi connectivity index (χ2n) is 4.51. The van der Waals surface area contributed by atoms with Gasteiger partial charge in [0.15, 0.2) is 0 Å². The van der Waals surface area contributed by atoms with Crippen LogP contribution in [-0.4, -0.2) is 4.98 Å². The molecule has 2 nitrogen and oxygen atoms in total. The summed E-state index contributed by atoms with van der Waals surface area (Å²) in [4.78, 5) is 3.28. The molecule has 0 saturated heterocycles. The number of hydrogen-bond acceptors (Lipinski definition) is 1. The summed E-state index contributed by atoms with van der Waals surface area (Å²) in [5.41, 5.74) is 4.26. The lowest BCUT2D eigenvalue weighted by atomic mass is 10.0. The first-order chi connectivity index (χ1) is 9.33. The van der Waals surface area contributed by atoms with Gasteiger partial charge in [0.2, 0.25) is 0 Å². The Balaban J connectivity index is 2.10. The standard InChI is InChI=1S/C16H10ClNO/c17-10-5-6-15-13(9-10)16-12(7-8-18-16)11-3-1-2-4-14(11)19-15/h1-9,18H. The molecule has 4 rings (SSSR count). The van der Waals surface area contributed by atoms with Crippen LogP contribution in [-0.2, 0) is 0 Å². The number of H-pyrrole nitrogens is 1. The van der Waals surface area contributed by atoms with Crippen molar-refractivity contribution in [2.24, 2.45) is 0 Å². The second kappa shape index (κ2) is 3.90. The van der Waals surface area contributed by atoms with Crippen LogP contribution in [0.4, 0.5) is 0 Å². The number of aromatic nitrogens is 1. The summed E-state index contributed by atoms with van der Waals surface area (Å²) in [6.45, 7) is 0. The van der Waals surface area contributed by atoms with Gasteiger partial charge in [-0.05, 0) is 30.3 Å².